The van der Waals surface area contributed by atoms with Crippen molar-refractivity contribution < 1.29 is 27.1 Å². The largest absolute Gasteiger partial charge is 0.383 e. The predicted molar refractivity (Wildman–Crippen MR) is 75.9 cm³/mol. The Hall–Kier alpha value is -0.800. The molecule has 2 N–H and O–H groups in total. The number of alkyl halides is 2. The molecule has 1 saturated carbocycles. The van der Waals surface area contributed by atoms with E-state index in [0.717, 1.165) is 4.90 Å². The molecule has 0 aromatic heterocycles. The quantitative estimate of drug-likeness (QED) is 0.762. The van der Waals surface area contributed by atoms with Crippen LogP contribution < -0.4 is 4.72 Å². The maximum absolute atomic E-state index is 14.4. The van der Waals surface area contributed by atoms with E-state index in [-0.39, 0.29) is 19.4 Å². The summed E-state index contributed by atoms with van der Waals surface area (Å²) in [5.41, 5.74) is -2.31. The topological polar surface area (TPSA) is 86.7 Å². The lowest BCUT2D eigenvalue weighted by Crippen LogP contribution is -2.58. The minimum atomic E-state index is -3.88. The number of nitrogens with zero attached hydrogens (tertiary/aromatic N) is 1. The minimum absolute atomic E-state index is 0.0917. The zero-order valence-corrected chi connectivity index (χ0v) is 13.3. The van der Waals surface area contributed by atoms with Crippen molar-refractivity contribution >= 4 is 15.9 Å². The van der Waals surface area contributed by atoms with Crippen molar-refractivity contribution in [3.63, 3.8) is 0 Å². The summed E-state index contributed by atoms with van der Waals surface area (Å²) in [5, 5.41) is 10.1. The Morgan fingerprint density at radius 3 is 2.50 bits per heavy atom. The molecule has 2 aliphatic rings. The molecule has 22 heavy (non-hydrogen) atoms. The Kier molecular flexibility index (Phi) is 4.79. The first-order chi connectivity index (χ1) is 10.1. The normalized spacial score (nSPS) is 25.6. The smallest absolute Gasteiger partial charge is 0.352 e. The van der Waals surface area contributed by atoms with E-state index in [9.17, 15) is 27.1 Å². The summed E-state index contributed by atoms with van der Waals surface area (Å²) in [6.45, 7) is 0.0917. The number of rotatable bonds is 5. The number of nitrogens with one attached hydrogen (secondary N) is 1. The van der Waals surface area contributed by atoms with E-state index in [0.29, 0.717) is 25.7 Å². The highest BCUT2D eigenvalue weighted by Crippen LogP contribution is 2.43. The number of aliphatic hydroxyl groups is 1. The van der Waals surface area contributed by atoms with Crippen LogP contribution in [0, 0.1) is 0 Å². The van der Waals surface area contributed by atoms with Gasteiger partial charge in [-0.1, -0.05) is 12.8 Å². The third kappa shape index (κ3) is 3.11. The van der Waals surface area contributed by atoms with E-state index in [1.807, 2.05) is 0 Å². The zero-order chi connectivity index (χ0) is 16.6. The van der Waals surface area contributed by atoms with Crippen molar-refractivity contribution in [1.29, 1.82) is 0 Å². The van der Waals surface area contributed by atoms with Crippen molar-refractivity contribution in [2.45, 2.75) is 56.1 Å². The van der Waals surface area contributed by atoms with E-state index in [1.54, 1.807) is 0 Å². The van der Waals surface area contributed by atoms with E-state index in [1.165, 1.54) is 7.05 Å². The average Bonchev–Trinajstić information content (AvgIpc) is 3.07. The van der Waals surface area contributed by atoms with Crippen LogP contribution in [0.5, 0.6) is 0 Å². The lowest BCUT2D eigenvalue weighted by molar-refractivity contribution is -0.200. The van der Waals surface area contributed by atoms with E-state index < -0.39 is 39.2 Å². The lowest BCUT2D eigenvalue weighted by Gasteiger charge is -2.35. The second kappa shape index (κ2) is 6.01. The fraction of sp³-hybridized carbons (Fsp3) is 0.923. The summed E-state index contributed by atoms with van der Waals surface area (Å²) in [5.74, 6) is -5.73. The number of amides is 1. The molecule has 128 valence electrons. The van der Waals surface area contributed by atoms with E-state index >= 15 is 0 Å². The molecular weight excluding hydrogens is 318 g/mol. The van der Waals surface area contributed by atoms with Gasteiger partial charge in [-0.05, 0) is 32.7 Å². The van der Waals surface area contributed by atoms with Crippen LogP contribution in [0.25, 0.3) is 0 Å². The molecule has 1 aliphatic carbocycles. The predicted octanol–water partition coefficient (Wildman–Crippen LogP) is 0.467. The minimum Gasteiger partial charge on any atom is -0.383 e. The molecule has 2 rings (SSSR count). The first-order valence-corrected chi connectivity index (χ1v) is 9.11. The fourth-order valence-electron chi connectivity index (χ4n) is 3.27. The lowest BCUT2D eigenvalue weighted by atomic mass is 9.92. The monoisotopic (exact) mass is 340 g/mol. The van der Waals surface area contributed by atoms with E-state index in [4.69, 9.17) is 0 Å². The molecule has 1 atom stereocenters. The van der Waals surface area contributed by atoms with Gasteiger partial charge in [0.15, 0.2) is 0 Å². The van der Waals surface area contributed by atoms with Crippen molar-refractivity contribution in [1.82, 2.24) is 9.62 Å². The van der Waals surface area contributed by atoms with Gasteiger partial charge in [-0.25, -0.2) is 13.1 Å². The highest BCUT2D eigenvalue weighted by atomic mass is 32.2. The van der Waals surface area contributed by atoms with Gasteiger partial charge in [-0.2, -0.15) is 8.78 Å². The van der Waals surface area contributed by atoms with Gasteiger partial charge in [-0.15, -0.1) is 0 Å². The Bertz CT molecular complexity index is 532. The molecule has 1 heterocycles. The molecule has 1 aliphatic heterocycles. The first-order valence-electron chi connectivity index (χ1n) is 7.45. The molecule has 0 spiro atoms. The molecule has 1 amide bonds. The molecule has 9 heteroatoms. The summed E-state index contributed by atoms with van der Waals surface area (Å²) < 4.78 is 54.2. The second-order valence-electron chi connectivity index (χ2n) is 6.09. The van der Waals surface area contributed by atoms with Crippen LogP contribution >= 0.6 is 0 Å². The molecule has 0 aromatic rings. The molecule has 6 nitrogen and oxygen atoms in total. The number of carbonyl (C=O) groups is 1. The van der Waals surface area contributed by atoms with Gasteiger partial charge >= 0.3 is 5.92 Å². The maximum Gasteiger partial charge on any atom is 0.352 e. The Labute approximate surface area is 128 Å². The van der Waals surface area contributed by atoms with Gasteiger partial charge < -0.3 is 10.0 Å². The molecule has 0 radical (unpaired) electrons. The van der Waals surface area contributed by atoms with Crippen LogP contribution in [0.3, 0.4) is 0 Å². The summed E-state index contributed by atoms with van der Waals surface area (Å²) in [7, 11) is -2.36. The van der Waals surface area contributed by atoms with Crippen LogP contribution in [0.4, 0.5) is 8.78 Å². The highest BCUT2D eigenvalue weighted by Gasteiger charge is 2.61. The van der Waals surface area contributed by atoms with Gasteiger partial charge in [0.1, 0.15) is 5.60 Å². The number of carbonyl (C=O) groups excluding carboxylic acids is 1. The van der Waals surface area contributed by atoms with Crippen molar-refractivity contribution in [3.05, 3.63) is 0 Å². The van der Waals surface area contributed by atoms with Crippen LogP contribution in [0.1, 0.15) is 38.5 Å². The molecular formula is C13H22F2N2O4S. The summed E-state index contributed by atoms with van der Waals surface area (Å²) in [6.07, 6.45) is 1.53. The van der Waals surface area contributed by atoms with Crippen molar-refractivity contribution in [2.24, 2.45) is 0 Å². The standard InChI is InChI=1S/C13H22F2N2O4S/c1-16-22(20,21)9-10-5-4-8-17(10)11(18)13(14,15)12(19)6-2-3-7-12/h10,16,19H,2-9H2,1H3. The van der Waals surface area contributed by atoms with Gasteiger partial charge in [0, 0.05) is 12.6 Å². The Balaban J connectivity index is 2.17. The third-order valence-corrected chi connectivity index (χ3v) is 6.09. The Morgan fingerprint density at radius 2 is 1.95 bits per heavy atom. The third-order valence-electron chi connectivity index (χ3n) is 4.64. The van der Waals surface area contributed by atoms with Crippen LogP contribution in [-0.4, -0.2) is 61.2 Å². The highest BCUT2D eigenvalue weighted by molar-refractivity contribution is 7.89. The van der Waals surface area contributed by atoms with Crippen LogP contribution in [0.15, 0.2) is 0 Å². The van der Waals surface area contributed by atoms with Crippen LogP contribution in [-0.2, 0) is 14.8 Å². The molecule has 2 fully saturated rings. The number of hydrogen-bond donors (Lipinski definition) is 2. The summed E-state index contributed by atoms with van der Waals surface area (Å²) in [4.78, 5) is 13.2. The van der Waals surface area contributed by atoms with Gasteiger partial charge in [0.25, 0.3) is 5.91 Å². The summed E-state index contributed by atoms with van der Waals surface area (Å²) in [6, 6.07) is -0.777. The summed E-state index contributed by atoms with van der Waals surface area (Å²) >= 11 is 0. The second-order valence-corrected chi connectivity index (χ2v) is 8.06. The maximum atomic E-state index is 14.4. The number of sulfonamides is 1. The van der Waals surface area contributed by atoms with E-state index in [2.05, 4.69) is 4.72 Å². The average molecular weight is 340 g/mol. The molecule has 0 aromatic carbocycles. The van der Waals surface area contributed by atoms with Crippen LogP contribution in [0.2, 0.25) is 0 Å². The molecule has 1 saturated heterocycles. The van der Waals surface area contributed by atoms with Gasteiger partial charge in [0.2, 0.25) is 10.0 Å². The first kappa shape index (κ1) is 17.6. The van der Waals surface area contributed by atoms with Crippen molar-refractivity contribution in [3.8, 4) is 0 Å². The van der Waals surface area contributed by atoms with Gasteiger partial charge in [0.05, 0.1) is 5.75 Å². The Morgan fingerprint density at radius 1 is 1.36 bits per heavy atom. The SMILES string of the molecule is CNS(=O)(=O)CC1CCCN1C(=O)C(F)(F)C1(O)CCCC1. The van der Waals surface area contributed by atoms with Crippen molar-refractivity contribution in [2.75, 3.05) is 19.3 Å². The molecule has 0 bridgehead atoms. The molecule has 1 unspecified atom stereocenters. The number of likely N-dealkylation sites (tertiary alicyclic amines) is 1. The zero-order valence-electron chi connectivity index (χ0n) is 12.5. The van der Waals surface area contributed by atoms with Gasteiger partial charge in [-0.3, -0.25) is 4.79 Å². The fourth-order valence-corrected chi connectivity index (χ4v) is 4.29. The number of halogens is 2. The number of hydrogen-bond acceptors (Lipinski definition) is 4.